The van der Waals surface area contributed by atoms with E-state index in [4.69, 9.17) is 14.2 Å². The maximum absolute atomic E-state index is 10.8. The highest BCUT2D eigenvalue weighted by Gasteiger charge is 2.45. The van der Waals surface area contributed by atoms with Crippen LogP contribution in [0.4, 0.5) is 0 Å². The van der Waals surface area contributed by atoms with Crippen molar-refractivity contribution in [3.63, 3.8) is 0 Å². The molecule has 1 saturated heterocycles. The van der Waals surface area contributed by atoms with Gasteiger partial charge in [0.05, 0.1) is 13.2 Å². The Morgan fingerprint density at radius 3 is 2.71 bits per heavy atom. The largest absolute Gasteiger partial charge is 0.387 e. The van der Waals surface area contributed by atoms with E-state index < -0.39 is 18.0 Å². The van der Waals surface area contributed by atoms with Crippen molar-refractivity contribution in [1.82, 2.24) is 0 Å². The summed E-state index contributed by atoms with van der Waals surface area (Å²) in [6, 6.07) is 9.99. The first-order valence-corrected chi connectivity index (χ1v) is 9.01. The molecule has 1 heterocycles. The fraction of sp³-hybridized carbons (Fsp3) is 0.600. The number of hydrogen-bond acceptors (Lipinski definition) is 4. The zero-order valence-corrected chi connectivity index (χ0v) is 14.4. The van der Waals surface area contributed by atoms with E-state index in [2.05, 4.69) is 0 Å². The zero-order chi connectivity index (χ0) is 16.8. The lowest BCUT2D eigenvalue weighted by atomic mass is 9.94. The summed E-state index contributed by atoms with van der Waals surface area (Å²) in [6.45, 7) is 2.83. The first-order valence-electron chi connectivity index (χ1n) is 9.01. The SMILES string of the molecule is C/C=C/[C@H](OCc1ccccc1)[C@H](O)[C@H]1COC2(CCCCC2)O1. The molecule has 4 nitrogen and oxygen atoms in total. The minimum Gasteiger partial charge on any atom is -0.387 e. The zero-order valence-electron chi connectivity index (χ0n) is 14.4. The van der Waals surface area contributed by atoms with Gasteiger partial charge in [-0.1, -0.05) is 48.9 Å². The average Bonchev–Trinajstić information content (AvgIpc) is 3.03. The summed E-state index contributed by atoms with van der Waals surface area (Å²) in [6.07, 6.45) is 7.69. The second-order valence-electron chi connectivity index (χ2n) is 6.72. The van der Waals surface area contributed by atoms with Crippen LogP contribution in [0.5, 0.6) is 0 Å². The van der Waals surface area contributed by atoms with Crippen molar-refractivity contribution >= 4 is 0 Å². The molecule has 1 aromatic carbocycles. The lowest BCUT2D eigenvalue weighted by molar-refractivity contribution is -0.201. The van der Waals surface area contributed by atoms with Crippen LogP contribution in [0.15, 0.2) is 42.5 Å². The monoisotopic (exact) mass is 332 g/mol. The summed E-state index contributed by atoms with van der Waals surface area (Å²) < 4.78 is 18.0. The van der Waals surface area contributed by atoms with Crippen molar-refractivity contribution in [2.45, 2.75) is 69.7 Å². The van der Waals surface area contributed by atoms with Gasteiger partial charge in [-0.05, 0) is 25.3 Å². The van der Waals surface area contributed by atoms with Gasteiger partial charge in [-0.2, -0.15) is 0 Å². The number of benzene rings is 1. The van der Waals surface area contributed by atoms with Crippen LogP contribution in [-0.4, -0.2) is 35.8 Å². The number of aliphatic hydroxyl groups excluding tert-OH is 1. The molecule has 24 heavy (non-hydrogen) atoms. The van der Waals surface area contributed by atoms with E-state index in [0.29, 0.717) is 13.2 Å². The van der Waals surface area contributed by atoms with Crippen LogP contribution in [-0.2, 0) is 20.8 Å². The highest BCUT2D eigenvalue weighted by molar-refractivity contribution is 5.13. The van der Waals surface area contributed by atoms with Crippen molar-refractivity contribution in [3.8, 4) is 0 Å². The Hall–Kier alpha value is -1.20. The molecule has 1 saturated carbocycles. The Kier molecular flexibility index (Phi) is 6.06. The summed E-state index contributed by atoms with van der Waals surface area (Å²) in [5.41, 5.74) is 1.09. The van der Waals surface area contributed by atoms with E-state index in [-0.39, 0.29) is 6.10 Å². The molecule has 2 aliphatic rings. The van der Waals surface area contributed by atoms with Gasteiger partial charge in [0.15, 0.2) is 5.79 Å². The Morgan fingerprint density at radius 1 is 1.25 bits per heavy atom. The fourth-order valence-electron chi connectivity index (χ4n) is 3.53. The number of rotatable bonds is 6. The number of aliphatic hydroxyl groups is 1. The first kappa shape index (κ1) is 17.6. The number of ether oxygens (including phenoxy) is 3. The van der Waals surface area contributed by atoms with Crippen LogP contribution in [0.1, 0.15) is 44.6 Å². The van der Waals surface area contributed by atoms with E-state index in [0.717, 1.165) is 31.2 Å². The predicted octanol–water partition coefficient (Wildman–Crippen LogP) is 3.58. The van der Waals surface area contributed by atoms with Crippen molar-refractivity contribution in [1.29, 1.82) is 0 Å². The first-order chi connectivity index (χ1) is 11.7. The number of allylic oxidation sites excluding steroid dienone is 1. The minimum absolute atomic E-state index is 0.333. The van der Waals surface area contributed by atoms with E-state index in [9.17, 15) is 5.11 Å². The number of hydrogen-bond donors (Lipinski definition) is 1. The predicted molar refractivity (Wildman–Crippen MR) is 92.5 cm³/mol. The molecular formula is C20H28O4. The van der Waals surface area contributed by atoms with Crippen molar-refractivity contribution < 1.29 is 19.3 Å². The van der Waals surface area contributed by atoms with Gasteiger partial charge < -0.3 is 19.3 Å². The minimum atomic E-state index is -0.730. The van der Waals surface area contributed by atoms with Crippen LogP contribution in [0.2, 0.25) is 0 Å². The van der Waals surface area contributed by atoms with E-state index in [1.807, 2.05) is 49.4 Å². The molecule has 2 fully saturated rings. The lowest BCUT2D eigenvalue weighted by Crippen LogP contribution is -2.41. The van der Waals surface area contributed by atoms with Gasteiger partial charge in [0.1, 0.15) is 18.3 Å². The van der Waals surface area contributed by atoms with Gasteiger partial charge in [0, 0.05) is 12.8 Å². The second kappa shape index (κ2) is 8.26. The van der Waals surface area contributed by atoms with Crippen molar-refractivity contribution in [3.05, 3.63) is 48.0 Å². The van der Waals surface area contributed by atoms with E-state index >= 15 is 0 Å². The van der Waals surface area contributed by atoms with Crippen LogP contribution < -0.4 is 0 Å². The highest BCUT2D eigenvalue weighted by Crippen LogP contribution is 2.39. The summed E-state index contributed by atoms with van der Waals surface area (Å²) in [5, 5.41) is 10.8. The molecule has 1 spiro atoms. The molecule has 132 valence electrons. The lowest BCUT2D eigenvalue weighted by Gasteiger charge is -2.33. The highest BCUT2D eigenvalue weighted by atomic mass is 16.7. The molecule has 1 aliphatic heterocycles. The van der Waals surface area contributed by atoms with Crippen LogP contribution in [0.3, 0.4) is 0 Å². The van der Waals surface area contributed by atoms with Gasteiger partial charge in [-0.15, -0.1) is 0 Å². The summed E-state index contributed by atoms with van der Waals surface area (Å²) in [5.74, 6) is -0.468. The van der Waals surface area contributed by atoms with Gasteiger partial charge >= 0.3 is 0 Å². The van der Waals surface area contributed by atoms with Gasteiger partial charge in [0.2, 0.25) is 0 Å². The average molecular weight is 332 g/mol. The fourth-order valence-corrected chi connectivity index (χ4v) is 3.53. The molecule has 3 atom stereocenters. The second-order valence-corrected chi connectivity index (χ2v) is 6.72. The molecule has 3 rings (SSSR count). The summed E-state index contributed by atoms with van der Waals surface area (Å²) >= 11 is 0. The maximum Gasteiger partial charge on any atom is 0.169 e. The molecule has 0 amide bonds. The molecule has 0 radical (unpaired) electrons. The van der Waals surface area contributed by atoms with Gasteiger partial charge in [-0.25, -0.2) is 0 Å². The standard InChI is InChI=1S/C20H28O4/c1-2-9-17(22-14-16-10-5-3-6-11-16)19(21)18-15-23-20(24-18)12-7-4-8-13-20/h2-3,5-6,9-11,17-19,21H,4,7-8,12-15H2,1H3/b9-2+/t17-,18+,19-/m0/s1. The quantitative estimate of drug-likeness (QED) is 0.809. The topological polar surface area (TPSA) is 47.9 Å². The molecule has 1 aliphatic carbocycles. The van der Waals surface area contributed by atoms with Crippen LogP contribution >= 0.6 is 0 Å². The third-order valence-electron chi connectivity index (χ3n) is 4.88. The third-order valence-corrected chi connectivity index (χ3v) is 4.88. The van der Waals surface area contributed by atoms with Crippen LogP contribution in [0, 0.1) is 0 Å². The van der Waals surface area contributed by atoms with Gasteiger partial charge in [0.25, 0.3) is 0 Å². The molecule has 4 heteroatoms. The molecule has 1 N–H and O–H groups in total. The summed E-state index contributed by atoms with van der Waals surface area (Å²) in [4.78, 5) is 0. The van der Waals surface area contributed by atoms with Crippen molar-refractivity contribution in [2.24, 2.45) is 0 Å². The maximum atomic E-state index is 10.8. The molecule has 0 aromatic heterocycles. The molecule has 0 bridgehead atoms. The Labute approximate surface area is 144 Å². The van der Waals surface area contributed by atoms with Gasteiger partial charge in [-0.3, -0.25) is 0 Å². The van der Waals surface area contributed by atoms with Crippen molar-refractivity contribution in [2.75, 3.05) is 6.61 Å². The Bertz CT molecular complexity index is 522. The Morgan fingerprint density at radius 2 is 2.00 bits per heavy atom. The normalized spacial score (nSPS) is 26.0. The van der Waals surface area contributed by atoms with Crippen LogP contribution in [0.25, 0.3) is 0 Å². The van der Waals surface area contributed by atoms with E-state index in [1.54, 1.807) is 0 Å². The third kappa shape index (κ3) is 4.25. The molecule has 0 unspecified atom stereocenters. The molecular weight excluding hydrogens is 304 g/mol. The Balaban J connectivity index is 1.59. The summed E-state index contributed by atoms with van der Waals surface area (Å²) in [7, 11) is 0. The smallest absolute Gasteiger partial charge is 0.169 e. The molecule has 1 aromatic rings. The van der Waals surface area contributed by atoms with E-state index in [1.165, 1.54) is 6.42 Å².